The summed E-state index contributed by atoms with van der Waals surface area (Å²) >= 11 is 0. The highest BCUT2D eigenvalue weighted by molar-refractivity contribution is 4.81. The number of hydrogen-bond acceptors (Lipinski definition) is 2. The van der Waals surface area contributed by atoms with Gasteiger partial charge in [-0.15, -0.1) is 0 Å². The van der Waals surface area contributed by atoms with Crippen molar-refractivity contribution in [2.45, 2.75) is 46.1 Å². The fraction of sp³-hybridized carbons (Fsp3) is 1.00. The molecule has 1 aliphatic rings. The van der Waals surface area contributed by atoms with Crippen LogP contribution in [0.15, 0.2) is 0 Å². The van der Waals surface area contributed by atoms with Gasteiger partial charge < -0.3 is 10.6 Å². The minimum absolute atomic E-state index is 0.568. The lowest BCUT2D eigenvalue weighted by Crippen LogP contribution is -2.43. The van der Waals surface area contributed by atoms with Gasteiger partial charge in [-0.25, -0.2) is 0 Å². The SMILES string of the molecule is CC(CCN)N1CCC(C)(C)CC1. The smallest absolute Gasteiger partial charge is 0.00789 e. The van der Waals surface area contributed by atoms with Crippen LogP contribution in [0.4, 0.5) is 0 Å². The first kappa shape index (κ1) is 11.0. The van der Waals surface area contributed by atoms with E-state index in [1.54, 1.807) is 0 Å². The number of hydrogen-bond donors (Lipinski definition) is 1. The Morgan fingerprint density at radius 2 is 1.85 bits per heavy atom. The van der Waals surface area contributed by atoms with Gasteiger partial charge in [-0.3, -0.25) is 0 Å². The van der Waals surface area contributed by atoms with Crippen molar-refractivity contribution in [3.05, 3.63) is 0 Å². The summed E-state index contributed by atoms with van der Waals surface area (Å²) in [6, 6.07) is 0.682. The van der Waals surface area contributed by atoms with E-state index in [1.165, 1.54) is 25.9 Å². The van der Waals surface area contributed by atoms with Crippen molar-refractivity contribution < 1.29 is 0 Å². The van der Waals surface area contributed by atoms with Crippen LogP contribution in [0.5, 0.6) is 0 Å². The molecule has 1 fully saturated rings. The highest BCUT2D eigenvalue weighted by Crippen LogP contribution is 2.30. The summed E-state index contributed by atoms with van der Waals surface area (Å²) in [5.41, 5.74) is 6.13. The Hall–Kier alpha value is -0.0800. The lowest BCUT2D eigenvalue weighted by atomic mass is 9.82. The van der Waals surface area contributed by atoms with Crippen molar-refractivity contribution in [2.75, 3.05) is 19.6 Å². The fourth-order valence-corrected chi connectivity index (χ4v) is 1.99. The second-order valence-corrected chi connectivity index (χ2v) is 5.13. The summed E-state index contributed by atoms with van der Waals surface area (Å²) in [5, 5.41) is 0. The molecule has 1 atom stereocenters. The summed E-state index contributed by atoms with van der Waals surface area (Å²) in [7, 11) is 0. The molecule has 2 N–H and O–H groups in total. The van der Waals surface area contributed by atoms with Crippen LogP contribution in [0.3, 0.4) is 0 Å². The maximum atomic E-state index is 5.56. The summed E-state index contributed by atoms with van der Waals surface area (Å²) in [6.45, 7) is 10.4. The maximum Gasteiger partial charge on any atom is 0.00789 e. The third kappa shape index (κ3) is 3.28. The first-order valence-electron chi connectivity index (χ1n) is 5.49. The Kier molecular flexibility index (Phi) is 3.74. The lowest BCUT2D eigenvalue weighted by molar-refractivity contribution is 0.0978. The molecule has 1 aliphatic heterocycles. The number of rotatable bonds is 3. The van der Waals surface area contributed by atoms with Gasteiger partial charge in [0.2, 0.25) is 0 Å². The van der Waals surface area contributed by atoms with E-state index in [9.17, 15) is 0 Å². The van der Waals surface area contributed by atoms with E-state index >= 15 is 0 Å². The summed E-state index contributed by atoms with van der Waals surface area (Å²) in [6.07, 6.45) is 3.81. The van der Waals surface area contributed by atoms with E-state index in [0.717, 1.165) is 13.0 Å². The van der Waals surface area contributed by atoms with Crippen molar-refractivity contribution in [3.63, 3.8) is 0 Å². The number of likely N-dealkylation sites (tertiary alicyclic amines) is 1. The zero-order valence-electron chi connectivity index (χ0n) is 9.34. The topological polar surface area (TPSA) is 29.3 Å². The summed E-state index contributed by atoms with van der Waals surface area (Å²) in [5.74, 6) is 0. The predicted molar refractivity (Wildman–Crippen MR) is 57.7 cm³/mol. The van der Waals surface area contributed by atoms with Gasteiger partial charge in [0, 0.05) is 6.04 Å². The Labute approximate surface area is 82.5 Å². The fourth-order valence-electron chi connectivity index (χ4n) is 1.99. The first-order valence-corrected chi connectivity index (χ1v) is 5.49. The van der Waals surface area contributed by atoms with Gasteiger partial charge in [0.15, 0.2) is 0 Å². The van der Waals surface area contributed by atoms with Crippen molar-refractivity contribution in [2.24, 2.45) is 11.1 Å². The second-order valence-electron chi connectivity index (χ2n) is 5.13. The molecule has 1 unspecified atom stereocenters. The Bertz CT molecular complexity index is 144. The van der Waals surface area contributed by atoms with Gasteiger partial charge >= 0.3 is 0 Å². The third-order valence-electron chi connectivity index (χ3n) is 3.36. The molecule has 0 aromatic rings. The molecular formula is C11H24N2. The molecule has 0 bridgehead atoms. The zero-order chi connectivity index (χ0) is 9.90. The summed E-state index contributed by atoms with van der Waals surface area (Å²) in [4.78, 5) is 2.58. The van der Waals surface area contributed by atoms with Crippen molar-refractivity contribution in [1.29, 1.82) is 0 Å². The van der Waals surface area contributed by atoms with E-state index in [4.69, 9.17) is 5.73 Å². The van der Waals surface area contributed by atoms with E-state index < -0.39 is 0 Å². The van der Waals surface area contributed by atoms with Crippen LogP contribution in [-0.4, -0.2) is 30.6 Å². The number of piperidine rings is 1. The Morgan fingerprint density at radius 3 is 2.31 bits per heavy atom. The largest absolute Gasteiger partial charge is 0.330 e. The standard InChI is InChI=1S/C11H24N2/c1-10(4-7-12)13-8-5-11(2,3)6-9-13/h10H,4-9,12H2,1-3H3. The normalized spacial score (nSPS) is 25.8. The maximum absolute atomic E-state index is 5.56. The van der Waals surface area contributed by atoms with Gasteiger partial charge in [0.25, 0.3) is 0 Å². The molecule has 0 aromatic carbocycles. The quantitative estimate of drug-likeness (QED) is 0.725. The molecule has 78 valence electrons. The minimum atomic E-state index is 0.568. The molecule has 1 saturated heterocycles. The average molecular weight is 184 g/mol. The minimum Gasteiger partial charge on any atom is -0.330 e. The number of nitrogens with two attached hydrogens (primary N) is 1. The second kappa shape index (κ2) is 4.43. The van der Waals surface area contributed by atoms with Crippen molar-refractivity contribution in [3.8, 4) is 0 Å². The predicted octanol–water partition coefficient (Wildman–Crippen LogP) is 1.85. The monoisotopic (exact) mass is 184 g/mol. The van der Waals surface area contributed by atoms with Crippen LogP contribution < -0.4 is 5.73 Å². The van der Waals surface area contributed by atoms with E-state index in [1.807, 2.05) is 0 Å². The van der Waals surface area contributed by atoms with Crippen LogP contribution in [0.1, 0.15) is 40.0 Å². The van der Waals surface area contributed by atoms with E-state index in [2.05, 4.69) is 25.7 Å². The molecule has 0 aromatic heterocycles. The molecule has 0 amide bonds. The molecular weight excluding hydrogens is 160 g/mol. The van der Waals surface area contributed by atoms with Gasteiger partial charge in [-0.1, -0.05) is 13.8 Å². The molecule has 1 heterocycles. The van der Waals surface area contributed by atoms with Gasteiger partial charge in [-0.2, -0.15) is 0 Å². The molecule has 2 heteroatoms. The Morgan fingerprint density at radius 1 is 1.31 bits per heavy atom. The zero-order valence-corrected chi connectivity index (χ0v) is 9.34. The van der Waals surface area contributed by atoms with Gasteiger partial charge in [-0.05, 0) is 51.2 Å². The third-order valence-corrected chi connectivity index (χ3v) is 3.36. The Balaban J connectivity index is 2.32. The summed E-state index contributed by atoms with van der Waals surface area (Å²) < 4.78 is 0. The lowest BCUT2D eigenvalue weighted by Gasteiger charge is -2.40. The van der Waals surface area contributed by atoms with Gasteiger partial charge in [0.1, 0.15) is 0 Å². The molecule has 2 nitrogen and oxygen atoms in total. The molecule has 0 spiro atoms. The molecule has 0 aliphatic carbocycles. The highest BCUT2D eigenvalue weighted by Gasteiger charge is 2.27. The molecule has 0 saturated carbocycles. The molecule has 13 heavy (non-hydrogen) atoms. The van der Waals surface area contributed by atoms with E-state index in [-0.39, 0.29) is 0 Å². The van der Waals surface area contributed by atoms with Crippen LogP contribution in [0.25, 0.3) is 0 Å². The van der Waals surface area contributed by atoms with Gasteiger partial charge in [0.05, 0.1) is 0 Å². The average Bonchev–Trinajstić information content (AvgIpc) is 2.04. The highest BCUT2D eigenvalue weighted by atomic mass is 15.2. The van der Waals surface area contributed by atoms with Crippen LogP contribution in [-0.2, 0) is 0 Å². The van der Waals surface area contributed by atoms with E-state index in [0.29, 0.717) is 11.5 Å². The van der Waals surface area contributed by atoms with Crippen LogP contribution in [0.2, 0.25) is 0 Å². The van der Waals surface area contributed by atoms with Crippen molar-refractivity contribution >= 4 is 0 Å². The van der Waals surface area contributed by atoms with Crippen molar-refractivity contribution in [1.82, 2.24) is 4.90 Å². The molecule has 1 rings (SSSR count). The van der Waals surface area contributed by atoms with Crippen LogP contribution in [0, 0.1) is 5.41 Å². The molecule has 0 radical (unpaired) electrons. The number of nitrogens with zero attached hydrogens (tertiary/aromatic N) is 1. The van der Waals surface area contributed by atoms with Crippen LogP contribution >= 0.6 is 0 Å². The first-order chi connectivity index (χ1) is 6.05.